The first-order valence-corrected chi connectivity index (χ1v) is 10.3. The van der Waals surface area contributed by atoms with Gasteiger partial charge in [0, 0.05) is 13.0 Å². The van der Waals surface area contributed by atoms with Gasteiger partial charge in [-0.1, -0.05) is 19.1 Å². The molecule has 7 heteroatoms. The third-order valence-electron chi connectivity index (χ3n) is 5.35. The van der Waals surface area contributed by atoms with Crippen LogP contribution in [0.1, 0.15) is 52.4 Å². The van der Waals surface area contributed by atoms with E-state index in [1.807, 2.05) is 38.1 Å². The number of nitrogens with one attached hydrogen (secondary N) is 1. The van der Waals surface area contributed by atoms with Crippen LogP contribution in [0, 0.1) is 6.92 Å². The first kappa shape index (κ1) is 18.7. The van der Waals surface area contributed by atoms with Gasteiger partial charge in [-0.15, -0.1) is 11.3 Å². The zero-order chi connectivity index (χ0) is 19.8. The zero-order valence-corrected chi connectivity index (χ0v) is 17.1. The molecule has 3 aromatic rings. The molecule has 1 N–H and O–H groups in total. The molecule has 0 bridgehead atoms. The number of carbonyl (C=O) groups excluding carboxylic acids is 1. The highest BCUT2D eigenvalue weighted by molar-refractivity contribution is 7.20. The molecule has 0 spiro atoms. The van der Waals surface area contributed by atoms with Crippen LogP contribution >= 0.6 is 11.3 Å². The van der Waals surface area contributed by atoms with Crippen molar-refractivity contribution in [3.8, 4) is 5.75 Å². The Labute approximate surface area is 167 Å². The lowest BCUT2D eigenvalue weighted by molar-refractivity contribution is 0.0939. The SMILES string of the molecule is CC[C@H](NC(=O)c1sc2nc3n(c(=O)c2c1C)CCC3)c1ccc(OC)cc1. The third-order valence-corrected chi connectivity index (χ3v) is 6.53. The molecular weight excluding hydrogens is 374 g/mol. The summed E-state index contributed by atoms with van der Waals surface area (Å²) in [7, 11) is 1.63. The zero-order valence-electron chi connectivity index (χ0n) is 16.2. The molecule has 1 amide bonds. The van der Waals surface area contributed by atoms with Crippen LogP contribution in [0.5, 0.6) is 5.75 Å². The number of rotatable bonds is 5. The molecule has 3 heterocycles. The predicted octanol–water partition coefficient (Wildman–Crippen LogP) is 3.60. The van der Waals surface area contributed by atoms with Crippen LogP contribution in [0.15, 0.2) is 29.1 Å². The Bertz CT molecular complexity index is 1100. The van der Waals surface area contributed by atoms with E-state index >= 15 is 0 Å². The van der Waals surface area contributed by atoms with Gasteiger partial charge in [-0.3, -0.25) is 14.2 Å². The standard InChI is InChI=1S/C21H23N3O3S/c1-4-15(13-7-9-14(27-3)10-8-13)22-19(25)18-12(2)17-20(28-18)23-16-6-5-11-24(16)21(17)26/h7-10,15H,4-6,11H2,1-3H3,(H,22,25)/t15-/m0/s1. The van der Waals surface area contributed by atoms with E-state index in [0.29, 0.717) is 21.6 Å². The number of ether oxygens (including phenoxy) is 1. The summed E-state index contributed by atoms with van der Waals surface area (Å²) < 4.78 is 6.95. The fourth-order valence-electron chi connectivity index (χ4n) is 3.77. The van der Waals surface area contributed by atoms with Crippen LogP contribution in [0.3, 0.4) is 0 Å². The van der Waals surface area contributed by atoms with Gasteiger partial charge in [0.25, 0.3) is 11.5 Å². The number of aromatic nitrogens is 2. The maximum absolute atomic E-state index is 13.0. The Kier molecular flexibility index (Phi) is 4.93. The van der Waals surface area contributed by atoms with Gasteiger partial charge < -0.3 is 10.1 Å². The van der Waals surface area contributed by atoms with Crippen LogP contribution in [0.2, 0.25) is 0 Å². The first-order chi connectivity index (χ1) is 13.5. The summed E-state index contributed by atoms with van der Waals surface area (Å²) in [6.07, 6.45) is 2.53. The van der Waals surface area contributed by atoms with Crippen LogP contribution in [-0.4, -0.2) is 22.6 Å². The molecule has 6 nitrogen and oxygen atoms in total. The number of benzene rings is 1. The Balaban J connectivity index is 1.65. The molecule has 2 aromatic heterocycles. The normalized spacial score (nSPS) is 14.1. The average molecular weight is 398 g/mol. The third kappa shape index (κ3) is 3.09. The van der Waals surface area contributed by atoms with Crippen molar-refractivity contribution in [2.75, 3.05) is 7.11 Å². The number of aryl methyl sites for hydroxylation is 2. The second kappa shape index (κ2) is 7.39. The number of hydrogen-bond acceptors (Lipinski definition) is 5. The molecule has 0 radical (unpaired) electrons. The van der Waals surface area contributed by atoms with E-state index in [9.17, 15) is 9.59 Å². The minimum absolute atomic E-state index is 0.0208. The van der Waals surface area contributed by atoms with Crippen molar-refractivity contribution < 1.29 is 9.53 Å². The van der Waals surface area contributed by atoms with E-state index < -0.39 is 0 Å². The van der Waals surface area contributed by atoms with Crippen molar-refractivity contribution in [1.29, 1.82) is 0 Å². The maximum atomic E-state index is 13.0. The summed E-state index contributed by atoms with van der Waals surface area (Å²) in [6.45, 7) is 4.59. The van der Waals surface area contributed by atoms with Gasteiger partial charge in [0.1, 0.15) is 16.4 Å². The van der Waals surface area contributed by atoms with Crippen molar-refractivity contribution in [2.45, 2.75) is 45.7 Å². The number of methoxy groups -OCH3 is 1. The Morgan fingerprint density at radius 1 is 1.36 bits per heavy atom. The number of carbonyl (C=O) groups is 1. The van der Waals surface area contributed by atoms with E-state index in [4.69, 9.17) is 4.74 Å². The molecule has 146 valence electrons. The largest absolute Gasteiger partial charge is 0.497 e. The quantitative estimate of drug-likeness (QED) is 0.714. The predicted molar refractivity (Wildman–Crippen MR) is 110 cm³/mol. The van der Waals surface area contributed by atoms with Gasteiger partial charge in [0.05, 0.1) is 23.4 Å². The van der Waals surface area contributed by atoms with Gasteiger partial charge in [-0.25, -0.2) is 4.98 Å². The number of hydrogen-bond donors (Lipinski definition) is 1. The second-order valence-corrected chi connectivity index (χ2v) is 8.03. The maximum Gasteiger partial charge on any atom is 0.262 e. The summed E-state index contributed by atoms with van der Waals surface area (Å²) in [4.78, 5) is 31.7. The van der Waals surface area contributed by atoms with Crippen molar-refractivity contribution in [3.05, 3.63) is 56.4 Å². The van der Waals surface area contributed by atoms with Crippen molar-refractivity contribution >= 4 is 27.5 Å². The Morgan fingerprint density at radius 2 is 2.11 bits per heavy atom. The molecule has 0 fully saturated rings. The topological polar surface area (TPSA) is 73.2 Å². The summed E-state index contributed by atoms with van der Waals surface area (Å²) in [5.41, 5.74) is 1.72. The lowest BCUT2D eigenvalue weighted by Gasteiger charge is -2.17. The highest BCUT2D eigenvalue weighted by atomic mass is 32.1. The molecule has 4 rings (SSSR count). The molecule has 0 aliphatic carbocycles. The van der Waals surface area contributed by atoms with Crippen molar-refractivity contribution in [2.24, 2.45) is 0 Å². The molecule has 28 heavy (non-hydrogen) atoms. The monoisotopic (exact) mass is 397 g/mol. The average Bonchev–Trinajstić information content (AvgIpc) is 3.31. The molecule has 0 saturated carbocycles. The molecule has 1 aliphatic rings. The molecule has 1 aliphatic heterocycles. The number of amides is 1. The highest BCUT2D eigenvalue weighted by Gasteiger charge is 2.24. The number of fused-ring (bicyclic) bond motifs is 2. The smallest absolute Gasteiger partial charge is 0.262 e. The lowest BCUT2D eigenvalue weighted by Crippen LogP contribution is -2.28. The van der Waals surface area contributed by atoms with Gasteiger partial charge in [-0.05, 0) is 43.0 Å². The summed E-state index contributed by atoms with van der Waals surface area (Å²) in [5, 5.41) is 3.69. The fraction of sp³-hybridized carbons (Fsp3) is 0.381. The lowest BCUT2D eigenvalue weighted by atomic mass is 10.0. The van der Waals surface area contributed by atoms with Crippen LogP contribution in [0.25, 0.3) is 10.2 Å². The van der Waals surface area contributed by atoms with Gasteiger partial charge in [0.15, 0.2) is 0 Å². The van der Waals surface area contributed by atoms with Crippen molar-refractivity contribution in [1.82, 2.24) is 14.9 Å². The second-order valence-electron chi connectivity index (χ2n) is 7.03. The number of nitrogens with zero attached hydrogens (tertiary/aromatic N) is 2. The molecular formula is C21H23N3O3S. The van der Waals surface area contributed by atoms with Crippen molar-refractivity contribution in [3.63, 3.8) is 0 Å². The molecule has 0 saturated heterocycles. The van der Waals surface area contributed by atoms with Gasteiger partial charge in [0.2, 0.25) is 0 Å². The summed E-state index contributed by atoms with van der Waals surface area (Å²) in [6, 6.07) is 7.59. The molecule has 0 unspecified atom stereocenters. The fourth-order valence-corrected chi connectivity index (χ4v) is 4.87. The van der Waals surface area contributed by atoms with E-state index in [1.54, 1.807) is 11.7 Å². The van der Waals surface area contributed by atoms with Crippen LogP contribution < -0.4 is 15.6 Å². The highest BCUT2D eigenvalue weighted by Crippen LogP contribution is 2.29. The van der Waals surface area contributed by atoms with Gasteiger partial charge in [-0.2, -0.15) is 0 Å². The van der Waals surface area contributed by atoms with E-state index in [1.165, 1.54) is 11.3 Å². The first-order valence-electron chi connectivity index (χ1n) is 9.51. The van der Waals surface area contributed by atoms with E-state index in [0.717, 1.165) is 42.0 Å². The Morgan fingerprint density at radius 3 is 2.79 bits per heavy atom. The summed E-state index contributed by atoms with van der Waals surface area (Å²) in [5.74, 6) is 1.45. The van der Waals surface area contributed by atoms with E-state index in [-0.39, 0.29) is 17.5 Å². The van der Waals surface area contributed by atoms with E-state index in [2.05, 4.69) is 10.3 Å². The minimum Gasteiger partial charge on any atom is -0.497 e. The molecule has 1 atom stereocenters. The number of thiophene rings is 1. The van der Waals surface area contributed by atoms with Crippen LogP contribution in [0.4, 0.5) is 0 Å². The summed E-state index contributed by atoms with van der Waals surface area (Å²) >= 11 is 1.31. The minimum atomic E-state index is -0.160. The Hall–Kier alpha value is -2.67. The van der Waals surface area contributed by atoms with Gasteiger partial charge >= 0.3 is 0 Å². The molecule has 1 aromatic carbocycles. The van der Waals surface area contributed by atoms with Crippen LogP contribution in [-0.2, 0) is 13.0 Å².